The normalized spacial score (nSPS) is 17.7. The zero-order valence-corrected chi connectivity index (χ0v) is 17.7. The molecule has 5 rings (SSSR count). The average molecular weight is 425 g/mol. The van der Waals surface area contributed by atoms with Gasteiger partial charge in [-0.2, -0.15) is 5.10 Å². The second-order valence-electron chi connectivity index (χ2n) is 8.04. The van der Waals surface area contributed by atoms with Gasteiger partial charge in [-0.05, 0) is 34.9 Å². The van der Waals surface area contributed by atoms with Crippen LogP contribution in [-0.2, 0) is 17.9 Å². The SMILES string of the molecule is CN1N=C(c2ccc(NC(=O)N3Cc4cccnc4C3)cc2)C(c2ccccc2)CC1=O. The van der Waals surface area contributed by atoms with Crippen LogP contribution in [0.5, 0.6) is 0 Å². The third-order valence-corrected chi connectivity index (χ3v) is 5.93. The number of aromatic nitrogens is 1. The van der Waals surface area contributed by atoms with Gasteiger partial charge in [-0.3, -0.25) is 9.78 Å². The zero-order valence-electron chi connectivity index (χ0n) is 17.7. The fourth-order valence-corrected chi connectivity index (χ4v) is 4.18. The molecule has 3 amide bonds. The lowest BCUT2D eigenvalue weighted by molar-refractivity contribution is -0.130. The van der Waals surface area contributed by atoms with Gasteiger partial charge >= 0.3 is 6.03 Å². The van der Waals surface area contributed by atoms with E-state index in [4.69, 9.17) is 0 Å². The lowest BCUT2D eigenvalue weighted by atomic mass is 9.86. The highest BCUT2D eigenvalue weighted by molar-refractivity contribution is 6.09. The van der Waals surface area contributed by atoms with Gasteiger partial charge in [0, 0.05) is 37.8 Å². The molecule has 160 valence electrons. The summed E-state index contributed by atoms with van der Waals surface area (Å²) >= 11 is 0. The van der Waals surface area contributed by atoms with Crippen molar-refractivity contribution in [3.63, 3.8) is 0 Å². The highest BCUT2D eigenvalue weighted by Gasteiger charge is 2.30. The molecule has 1 N–H and O–H groups in total. The van der Waals surface area contributed by atoms with E-state index in [1.165, 1.54) is 5.01 Å². The number of nitrogens with one attached hydrogen (secondary N) is 1. The van der Waals surface area contributed by atoms with Gasteiger partial charge < -0.3 is 10.2 Å². The van der Waals surface area contributed by atoms with Crippen molar-refractivity contribution in [1.29, 1.82) is 0 Å². The number of hydrazone groups is 1. The monoisotopic (exact) mass is 425 g/mol. The molecule has 0 aliphatic carbocycles. The predicted octanol–water partition coefficient (Wildman–Crippen LogP) is 3.98. The maximum atomic E-state index is 12.7. The molecular weight excluding hydrogens is 402 g/mol. The second kappa shape index (κ2) is 8.26. The maximum absolute atomic E-state index is 12.7. The van der Waals surface area contributed by atoms with Crippen LogP contribution in [0.4, 0.5) is 10.5 Å². The van der Waals surface area contributed by atoms with Crippen molar-refractivity contribution in [2.45, 2.75) is 25.4 Å². The molecular formula is C25H23N5O2. The molecule has 3 aromatic rings. The minimum Gasteiger partial charge on any atom is -0.314 e. The van der Waals surface area contributed by atoms with Crippen LogP contribution in [0.25, 0.3) is 0 Å². The molecule has 0 fully saturated rings. The molecule has 7 nitrogen and oxygen atoms in total. The summed E-state index contributed by atoms with van der Waals surface area (Å²) in [6.07, 6.45) is 2.13. The topological polar surface area (TPSA) is 77.9 Å². The van der Waals surface area contributed by atoms with Crippen LogP contribution in [0, 0.1) is 0 Å². The quantitative estimate of drug-likeness (QED) is 0.690. The van der Waals surface area contributed by atoms with Crippen molar-refractivity contribution in [3.8, 4) is 0 Å². The van der Waals surface area contributed by atoms with Gasteiger partial charge in [0.15, 0.2) is 0 Å². The summed E-state index contributed by atoms with van der Waals surface area (Å²) in [5.41, 5.74) is 5.57. The first-order valence-corrected chi connectivity index (χ1v) is 10.6. The molecule has 0 saturated heterocycles. The van der Waals surface area contributed by atoms with Gasteiger partial charge in [0.2, 0.25) is 5.91 Å². The second-order valence-corrected chi connectivity index (χ2v) is 8.04. The van der Waals surface area contributed by atoms with Crippen LogP contribution >= 0.6 is 0 Å². The summed E-state index contributed by atoms with van der Waals surface area (Å²) in [6.45, 7) is 1.07. The van der Waals surface area contributed by atoms with E-state index >= 15 is 0 Å². The summed E-state index contributed by atoms with van der Waals surface area (Å²) in [6, 6.07) is 21.3. The Labute approximate surface area is 186 Å². The average Bonchev–Trinajstić information content (AvgIpc) is 3.26. The van der Waals surface area contributed by atoms with Crippen molar-refractivity contribution < 1.29 is 9.59 Å². The van der Waals surface area contributed by atoms with E-state index in [1.807, 2.05) is 66.7 Å². The molecule has 0 saturated carbocycles. The van der Waals surface area contributed by atoms with Crippen molar-refractivity contribution in [1.82, 2.24) is 14.9 Å². The van der Waals surface area contributed by atoms with Gasteiger partial charge in [0.05, 0.1) is 18.0 Å². The highest BCUT2D eigenvalue weighted by atomic mass is 16.2. The smallest absolute Gasteiger partial charge is 0.314 e. The Morgan fingerprint density at radius 3 is 2.53 bits per heavy atom. The fourth-order valence-electron chi connectivity index (χ4n) is 4.18. The molecule has 0 bridgehead atoms. The summed E-state index contributed by atoms with van der Waals surface area (Å²) < 4.78 is 0. The Hall–Kier alpha value is -4.00. The minimum absolute atomic E-state index is 0.00686. The van der Waals surface area contributed by atoms with Crippen molar-refractivity contribution in [2.75, 3.05) is 12.4 Å². The largest absolute Gasteiger partial charge is 0.322 e. The van der Waals surface area contributed by atoms with Crippen LogP contribution in [0.15, 0.2) is 78.0 Å². The first kappa shape index (κ1) is 19.9. The summed E-state index contributed by atoms with van der Waals surface area (Å²) in [5, 5.41) is 8.93. The summed E-state index contributed by atoms with van der Waals surface area (Å²) in [5.74, 6) is -0.108. The third-order valence-electron chi connectivity index (χ3n) is 5.93. The van der Waals surface area contributed by atoms with Gasteiger partial charge in [-0.1, -0.05) is 48.5 Å². The molecule has 1 unspecified atom stereocenters. The Balaban J connectivity index is 1.33. The van der Waals surface area contributed by atoms with Crippen LogP contribution in [0.1, 0.15) is 34.7 Å². The van der Waals surface area contributed by atoms with Crippen molar-refractivity contribution in [2.24, 2.45) is 5.10 Å². The van der Waals surface area contributed by atoms with Crippen LogP contribution in [0.3, 0.4) is 0 Å². The predicted molar refractivity (Wildman–Crippen MR) is 122 cm³/mol. The number of anilines is 1. The van der Waals surface area contributed by atoms with E-state index < -0.39 is 0 Å². The van der Waals surface area contributed by atoms with Crippen LogP contribution < -0.4 is 5.32 Å². The molecule has 1 atom stereocenters. The number of nitrogens with zero attached hydrogens (tertiary/aromatic N) is 4. The Morgan fingerprint density at radius 1 is 1.00 bits per heavy atom. The molecule has 0 spiro atoms. The number of amides is 3. The number of benzene rings is 2. The number of fused-ring (bicyclic) bond motifs is 1. The lowest BCUT2D eigenvalue weighted by Crippen LogP contribution is -2.33. The Bertz CT molecular complexity index is 1170. The molecule has 7 heteroatoms. The summed E-state index contributed by atoms with van der Waals surface area (Å²) in [7, 11) is 1.68. The van der Waals surface area contributed by atoms with Crippen molar-refractivity contribution in [3.05, 3.63) is 95.3 Å². The zero-order chi connectivity index (χ0) is 22.1. The minimum atomic E-state index is -0.154. The molecule has 2 aliphatic rings. The molecule has 2 aromatic carbocycles. The number of urea groups is 1. The summed E-state index contributed by atoms with van der Waals surface area (Å²) in [4.78, 5) is 31.1. The van der Waals surface area contributed by atoms with Crippen LogP contribution in [0.2, 0.25) is 0 Å². The lowest BCUT2D eigenvalue weighted by Gasteiger charge is -2.28. The maximum Gasteiger partial charge on any atom is 0.322 e. The number of rotatable bonds is 3. The number of carbonyl (C=O) groups excluding carboxylic acids is 2. The Morgan fingerprint density at radius 2 is 1.78 bits per heavy atom. The third kappa shape index (κ3) is 3.85. The van der Waals surface area contributed by atoms with Gasteiger partial charge in [0.25, 0.3) is 0 Å². The van der Waals surface area contributed by atoms with E-state index in [0.717, 1.165) is 28.1 Å². The van der Waals surface area contributed by atoms with E-state index in [1.54, 1.807) is 18.1 Å². The standard InChI is InChI=1S/C25H23N5O2/c1-29-23(31)14-21(17-6-3-2-4-7-17)24(28-29)18-9-11-20(12-10-18)27-25(32)30-15-19-8-5-13-26-22(19)16-30/h2-13,21H,14-16H2,1H3,(H,27,32). The number of hydrogen-bond donors (Lipinski definition) is 1. The molecule has 0 radical (unpaired) electrons. The van der Waals surface area contributed by atoms with E-state index in [9.17, 15) is 9.59 Å². The fraction of sp³-hybridized carbons (Fsp3) is 0.200. The van der Waals surface area contributed by atoms with Gasteiger partial charge in [0.1, 0.15) is 0 Å². The van der Waals surface area contributed by atoms with E-state index in [2.05, 4.69) is 15.4 Å². The number of pyridine rings is 1. The van der Waals surface area contributed by atoms with Crippen LogP contribution in [-0.4, -0.2) is 39.6 Å². The van der Waals surface area contributed by atoms with E-state index in [-0.39, 0.29) is 17.9 Å². The van der Waals surface area contributed by atoms with Gasteiger partial charge in [-0.25, -0.2) is 9.80 Å². The molecule has 2 aliphatic heterocycles. The highest BCUT2D eigenvalue weighted by Crippen LogP contribution is 2.30. The molecule has 32 heavy (non-hydrogen) atoms. The first-order valence-electron chi connectivity index (χ1n) is 10.6. The van der Waals surface area contributed by atoms with Crippen molar-refractivity contribution >= 4 is 23.3 Å². The molecule has 3 heterocycles. The van der Waals surface area contributed by atoms with E-state index in [0.29, 0.717) is 25.2 Å². The number of carbonyl (C=O) groups is 2. The first-order chi connectivity index (χ1) is 15.6. The molecule has 1 aromatic heterocycles. The van der Waals surface area contributed by atoms with Gasteiger partial charge in [-0.15, -0.1) is 0 Å². The number of hydrogen-bond acceptors (Lipinski definition) is 4. The Kier molecular flexibility index (Phi) is 5.15.